The molecule has 108 valence electrons. The maximum absolute atomic E-state index is 12.4. The Hall–Kier alpha value is -2.19. The normalized spacial score (nSPS) is 11.5. The Morgan fingerprint density at radius 1 is 1.14 bits per heavy atom. The molecule has 0 radical (unpaired) electrons. The first-order chi connectivity index (χ1) is 10.1. The Morgan fingerprint density at radius 3 is 2.71 bits per heavy atom. The highest BCUT2D eigenvalue weighted by molar-refractivity contribution is 7.93. The molecule has 0 aliphatic carbocycles. The molecular formula is C13H12N4O2S2. The lowest BCUT2D eigenvalue weighted by Crippen LogP contribution is -2.15. The molecule has 3 aromatic rings. The van der Waals surface area contributed by atoms with Gasteiger partial charge in [-0.1, -0.05) is 23.5 Å². The van der Waals surface area contributed by atoms with E-state index in [2.05, 4.69) is 20.0 Å². The third-order valence-corrected chi connectivity index (χ3v) is 5.26. The molecule has 3 rings (SSSR count). The van der Waals surface area contributed by atoms with Crippen molar-refractivity contribution >= 4 is 42.5 Å². The summed E-state index contributed by atoms with van der Waals surface area (Å²) in [6, 6.07) is 10.6. The van der Waals surface area contributed by atoms with Gasteiger partial charge in [-0.15, -0.1) is 0 Å². The molecule has 1 aromatic carbocycles. The number of anilines is 2. The molecule has 0 atom stereocenters. The van der Waals surface area contributed by atoms with Crippen molar-refractivity contribution in [3.8, 4) is 0 Å². The van der Waals surface area contributed by atoms with Gasteiger partial charge in [0.15, 0.2) is 5.13 Å². The Kier molecular flexibility index (Phi) is 3.48. The van der Waals surface area contributed by atoms with Crippen molar-refractivity contribution in [1.82, 2.24) is 9.97 Å². The highest BCUT2D eigenvalue weighted by Crippen LogP contribution is 2.28. The van der Waals surface area contributed by atoms with Gasteiger partial charge in [0.05, 0.1) is 10.2 Å². The van der Waals surface area contributed by atoms with E-state index in [1.165, 1.54) is 23.6 Å². The van der Waals surface area contributed by atoms with Gasteiger partial charge >= 0.3 is 0 Å². The van der Waals surface area contributed by atoms with Crippen LogP contribution in [-0.2, 0) is 10.0 Å². The standard InChI is InChI=1S/C13H12N4O2S2/c1-14-12-11(7-4-8-15-12)21(18,19)17-13-16-9-5-2-3-6-10(9)20-13/h2-8H,1H3,(H,14,15)(H,16,17). The number of hydrogen-bond donors (Lipinski definition) is 2. The van der Waals surface area contributed by atoms with Crippen LogP contribution in [0.5, 0.6) is 0 Å². The Morgan fingerprint density at radius 2 is 1.95 bits per heavy atom. The van der Waals surface area contributed by atoms with Crippen LogP contribution in [0.4, 0.5) is 10.9 Å². The summed E-state index contributed by atoms with van der Waals surface area (Å²) in [4.78, 5) is 8.36. The lowest BCUT2D eigenvalue weighted by molar-refractivity contribution is 0.601. The molecule has 0 saturated heterocycles. The second-order valence-electron chi connectivity index (χ2n) is 4.19. The van der Waals surface area contributed by atoms with E-state index < -0.39 is 10.0 Å². The van der Waals surface area contributed by atoms with Crippen LogP contribution in [0.2, 0.25) is 0 Å². The summed E-state index contributed by atoms with van der Waals surface area (Å²) in [5.74, 6) is 0.297. The number of rotatable bonds is 4. The van der Waals surface area contributed by atoms with Gasteiger partial charge in [-0.3, -0.25) is 4.72 Å². The van der Waals surface area contributed by atoms with Crippen molar-refractivity contribution in [2.24, 2.45) is 0 Å². The van der Waals surface area contributed by atoms with Crippen molar-refractivity contribution < 1.29 is 8.42 Å². The molecule has 0 aliphatic rings. The molecule has 6 nitrogen and oxygen atoms in total. The van der Waals surface area contributed by atoms with E-state index in [4.69, 9.17) is 0 Å². The van der Waals surface area contributed by atoms with Crippen LogP contribution in [0.15, 0.2) is 47.5 Å². The average Bonchev–Trinajstić information content (AvgIpc) is 2.88. The van der Waals surface area contributed by atoms with Crippen molar-refractivity contribution in [2.75, 3.05) is 17.1 Å². The predicted molar refractivity (Wildman–Crippen MR) is 84.2 cm³/mol. The zero-order valence-electron chi connectivity index (χ0n) is 11.1. The van der Waals surface area contributed by atoms with Crippen molar-refractivity contribution in [1.29, 1.82) is 0 Å². The summed E-state index contributed by atoms with van der Waals surface area (Å²) in [5, 5.41) is 3.10. The van der Waals surface area contributed by atoms with Gasteiger partial charge in [0.25, 0.3) is 10.0 Å². The summed E-state index contributed by atoms with van der Waals surface area (Å²) in [5.41, 5.74) is 0.764. The van der Waals surface area contributed by atoms with Gasteiger partial charge in [0, 0.05) is 13.2 Å². The molecule has 0 spiro atoms. The van der Waals surface area contributed by atoms with Crippen LogP contribution < -0.4 is 10.0 Å². The SMILES string of the molecule is CNc1ncccc1S(=O)(=O)Nc1nc2ccccc2s1. The van der Waals surface area contributed by atoms with E-state index in [1.54, 1.807) is 13.1 Å². The summed E-state index contributed by atoms with van der Waals surface area (Å²) in [7, 11) is -2.11. The van der Waals surface area contributed by atoms with Crippen LogP contribution in [0, 0.1) is 0 Å². The average molecular weight is 320 g/mol. The van der Waals surface area contributed by atoms with Gasteiger partial charge in [0.1, 0.15) is 10.7 Å². The molecule has 21 heavy (non-hydrogen) atoms. The van der Waals surface area contributed by atoms with Crippen molar-refractivity contribution in [3.05, 3.63) is 42.6 Å². The monoisotopic (exact) mass is 320 g/mol. The number of para-hydroxylation sites is 1. The lowest BCUT2D eigenvalue weighted by Gasteiger charge is -2.08. The summed E-state index contributed by atoms with van der Waals surface area (Å²) >= 11 is 1.29. The minimum Gasteiger partial charge on any atom is -0.372 e. The molecule has 2 aromatic heterocycles. The molecule has 2 N–H and O–H groups in total. The zero-order chi connectivity index (χ0) is 14.9. The number of pyridine rings is 1. The Labute approximate surface area is 125 Å². The third-order valence-electron chi connectivity index (χ3n) is 2.81. The molecule has 0 unspecified atom stereocenters. The topological polar surface area (TPSA) is 84.0 Å². The Balaban J connectivity index is 1.99. The fourth-order valence-electron chi connectivity index (χ4n) is 1.88. The van der Waals surface area contributed by atoms with Crippen molar-refractivity contribution in [2.45, 2.75) is 4.90 Å². The summed E-state index contributed by atoms with van der Waals surface area (Å²) < 4.78 is 28.3. The highest BCUT2D eigenvalue weighted by Gasteiger charge is 2.20. The molecule has 0 aliphatic heterocycles. The van der Waals surface area contributed by atoms with E-state index >= 15 is 0 Å². The minimum atomic E-state index is -3.73. The number of nitrogens with zero attached hydrogens (tertiary/aromatic N) is 2. The number of thiazole rings is 1. The number of fused-ring (bicyclic) bond motifs is 1. The zero-order valence-corrected chi connectivity index (χ0v) is 12.7. The third kappa shape index (κ3) is 2.67. The Bertz CT molecular complexity index is 857. The number of nitrogens with one attached hydrogen (secondary N) is 2. The summed E-state index contributed by atoms with van der Waals surface area (Å²) in [6.45, 7) is 0. The maximum Gasteiger partial charge on any atom is 0.267 e. The van der Waals surface area contributed by atoms with E-state index in [0.717, 1.165) is 10.2 Å². The summed E-state index contributed by atoms with van der Waals surface area (Å²) in [6.07, 6.45) is 1.53. The van der Waals surface area contributed by atoms with Crippen LogP contribution in [-0.4, -0.2) is 25.4 Å². The predicted octanol–water partition coefficient (Wildman–Crippen LogP) is 2.53. The van der Waals surface area contributed by atoms with Crippen molar-refractivity contribution in [3.63, 3.8) is 0 Å². The van der Waals surface area contributed by atoms with Gasteiger partial charge in [0.2, 0.25) is 0 Å². The lowest BCUT2D eigenvalue weighted by atomic mass is 10.3. The van der Waals surface area contributed by atoms with E-state index in [0.29, 0.717) is 10.9 Å². The number of aromatic nitrogens is 2. The second kappa shape index (κ2) is 5.30. The number of hydrogen-bond acceptors (Lipinski definition) is 6. The van der Waals surface area contributed by atoms with E-state index in [-0.39, 0.29) is 4.90 Å². The molecular weight excluding hydrogens is 308 g/mol. The largest absolute Gasteiger partial charge is 0.372 e. The van der Waals surface area contributed by atoms with E-state index in [1.807, 2.05) is 24.3 Å². The highest BCUT2D eigenvalue weighted by atomic mass is 32.2. The number of sulfonamides is 1. The van der Waals surface area contributed by atoms with Crippen LogP contribution in [0.3, 0.4) is 0 Å². The molecule has 0 amide bonds. The first kappa shape index (κ1) is 13.8. The molecule has 0 fully saturated rings. The molecule has 8 heteroatoms. The van der Waals surface area contributed by atoms with Gasteiger partial charge < -0.3 is 5.32 Å². The molecule has 0 bridgehead atoms. The van der Waals surface area contributed by atoms with Crippen LogP contribution in [0.1, 0.15) is 0 Å². The van der Waals surface area contributed by atoms with Crippen LogP contribution >= 0.6 is 11.3 Å². The number of benzene rings is 1. The fraction of sp³-hybridized carbons (Fsp3) is 0.0769. The molecule has 0 saturated carbocycles. The van der Waals surface area contributed by atoms with Crippen LogP contribution in [0.25, 0.3) is 10.2 Å². The molecule has 2 heterocycles. The maximum atomic E-state index is 12.4. The van der Waals surface area contributed by atoms with E-state index in [9.17, 15) is 8.42 Å². The fourth-order valence-corrected chi connectivity index (χ4v) is 4.15. The minimum absolute atomic E-state index is 0.0896. The first-order valence-electron chi connectivity index (χ1n) is 6.11. The van der Waals surface area contributed by atoms with Gasteiger partial charge in [-0.05, 0) is 24.3 Å². The van der Waals surface area contributed by atoms with Gasteiger partial charge in [-0.25, -0.2) is 18.4 Å². The van der Waals surface area contributed by atoms with Gasteiger partial charge in [-0.2, -0.15) is 0 Å². The first-order valence-corrected chi connectivity index (χ1v) is 8.41. The second-order valence-corrected chi connectivity index (χ2v) is 6.87. The smallest absolute Gasteiger partial charge is 0.267 e. The quantitative estimate of drug-likeness (QED) is 0.772.